The van der Waals surface area contributed by atoms with Crippen LogP contribution in [0, 0.1) is 0 Å². The number of carbonyl (C=O) groups excluding carboxylic acids is 2. The van der Waals surface area contributed by atoms with Crippen molar-refractivity contribution in [2.45, 2.75) is 62.6 Å². The van der Waals surface area contributed by atoms with E-state index in [4.69, 9.17) is 4.74 Å². The molecule has 0 bridgehead atoms. The SMILES string of the molecule is CC(OC(=O)c1ccc(S(=O)(=O)N(C)C2CCCCC2)cc1)C(=O)N(C)Cc1ccccc1. The van der Waals surface area contributed by atoms with Crippen molar-refractivity contribution in [3.8, 4) is 0 Å². The molecule has 33 heavy (non-hydrogen) atoms. The van der Waals surface area contributed by atoms with E-state index in [0.717, 1.165) is 37.7 Å². The Hall–Kier alpha value is -2.71. The lowest BCUT2D eigenvalue weighted by Gasteiger charge is -2.30. The Labute approximate surface area is 196 Å². The zero-order chi connectivity index (χ0) is 24.0. The molecule has 178 valence electrons. The number of sulfonamides is 1. The van der Waals surface area contributed by atoms with Crippen LogP contribution >= 0.6 is 0 Å². The van der Waals surface area contributed by atoms with Crippen molar-refractivity contribution in [3.63, 3.8) is 0 Å². The third kappa shape index (κ3) is 6.21. The molecule has 1 atom stereocenters. The first-order valence-corrected chi connectivity index (χ1v) is 12.7. The van der Waals surface area contributed by atoms with Crippen LogP contribution < -0.4 is 0 Å². The second-order valence-electron chi connectivity index (χ2n) is 8.56. The maximum atomic E-state index is 13.0. The molecule has 2 aromatic rings. The number of carbonyl (C=O) groups is 2. The van der Waals surface area contributed by atoms with Crippen LogP contribution in [-0.2, 0) is 26.1 Å². The minimum atomic E-state index is -3.64. The van der Waals surface area contributed by atoms with Crippen molar-refractivity contribution in [3.05, 3.63) is 65.7 Å². The molecule has 2 aromatic carbocycles. The molecular weight excluding hydrogens is 440 g/mol. The normalized spacial score (nSPS) is 15.8. The van der Waals surface area contributed by atoms with Crippen molar-refractivity contribution in [2.24, 2.45) is 0 Å². The Morgan fingerprint density at radius 1 is 0.970 bits per heavy atom. The van der Waals surface area contributed by atoms with Gasteiger partial charge >= 0.3 is 5.97 Å². The predicted molar refractivity (Wildman–Crippen MR) is 126 cm³/mol. The number of likely N-dealkylation sites (N-methyl/N-ethyl adjacent to an activating group) is 1. The molecule has 1 fully saturated rings. The van der Waals surface area contributed by atoms with E-state index in [2.05, 4.69) is 0 Å². The highest BCUT2D eigenvalue weighted by atomic mass is 32.2. The maximum absolute atomic E-state index is 13.0. The van der Waals surface area contributed by atoms with Crippen LogP contribution in [0.25, 0.3) is 0 Å². The highest BCUT2D eigenvalue weighted by molar-refractivity contribution is 7.89. The Kier molecular flexibility index (Phi) is 8.26. The molecule has 1 aliphatic rings. The third-order valence-electron chi connectivity index (χ3n) is 6.13. The van der Waals surface area contributed by atoms with Crippen molar-refractivity contribution in [1.82, 2.24) is 9.21 Å². The van der Waals surface area contributed by atoms with Gasteiger partial charge in [0.05, 0.1) is 10.5 Å². The lowest BCUT2D eigenvalue weighted by molar-refractivity contribution is -0.139. The van der Waals surface area contributed by atoms with Crippen LogP contribution in [0.15, 0.2) is 59.5 Å². The van der Waals surface area contributed by atoms with Crippen molar-refractivity contribution >= 4 is 21.9 Å². The molecule has 0 radical (unpaired) electrons. The van der Waals surface area contributed by atoms with Crippen molar-refractivity contribution < 1.29 is 22.7 Å². The van der Waals surface area contributed by atoms with Crippen LogP contribution in [0.1, 0.15) is 54.9 Å². The summed E-state index contributed by atoms with van der Waals surface area (Å²) in [5, 5.41) is 0. The van der Waals surface area contributed by atoms with E-state index in [9.17, 15) is 18.0 Å². The van der Waals surface area contributed by atoms with Gasteiger partial charge in [0, 0.05) is 26.7 Å². The van der Waals surface area contributed by atoms with Gasteiger partial charge in [-0.05, 0) is 49.6 Å². The van der Waals surface area contributed by atoms with Gasteiger partial charge in [0.15, 0.2) is 6.10 Å². The fourth-order valence-corrected chi connectivity index (χ4v) is 5.51. The number of hydrogen-bond acceptors (Lipinski definition) is 5. The summed E-state index contributed by atoms with van der Waals surface area (Å²) in [6, 6.07) is 15.2. The number of hydrogen-bond donors (Lipinski definition) is 0. The molecule has 0 heterocycles. The van der Waals surface area contributed by atoms with Crippen LogP contribution in [-0.4, -0.2) is 55.7 Å². The molecule has 0 N–H and O–H groups in total. The van der Waals surface area contributed by atoms with E-state index in [1.54, 1.807) is 14.1 Å². The average Bonchev–Trinajstić information content (AvgIpc) is 2.84. The van der Waals surface area contributed by atoms with Gasteiger partial charge < -0.3 is 9.64 Å². The van der Waals surface area contributed by atoms with Crippen LogP contribution in [0.3, 0.4) is 0 Å². The zero-order valence-electron chi connectivity index (χ0n) is 19.4. The summed E-state index contributed by atoms with van der Waals surface area (Å²) in [4.78, 5) is 26.8. The van der Waals surface area contributed by atoms with Gasteiger partial charge in [-0.15, -0.1) is 0 Å². The number of ether oxygens (including phenoxy) is 1. The smallest absolute Gasteiger partial charge is 0.338 e. The van der Waals surface area contributed by atoms with E-state index in [0.29, 0.717) is 6.54 Å². The fourth-order valence-electron chi connectivity index (χ4n) is 4.09. The average molecular weight is 473 g/mol. The van der Waals surface area contributed by atoms with Crippen LogP contribution in [0.2, 0.25) is 0 Å². The summed E-state index contributed by atoms with van der Waals surface area (Å²) < 4.78 is 32.7. The monoisotopic (exact) mass is 472 g/mol. The predicted octanol–water partition coefficient (Wildman–Crippen LogP) is 3.84. The van der Waals surface area contributed by atoms with Gasteiger partial charge in [-0.2, -0.15) is 4.31 Å². The first kappa shape index (κ1) is 24.9. The lowest BCUT2D eigenvalue weighted by Crippen LogP contribution is -2.38. The van der Waals surface area contributed by atoms with Gasteiger partial charge in [-0.1, -0.05) is 49.6 Å². The second kappa shape index (κ2) is 10.9. The van der Waals surface area contributed by atoms with Crippen molar-refractivity contribution in [2.75, 3.05) is 14.1 Å². The minimum absolute atomic E-state index is 0.00753. The molecule has 7 nitrogen and oxygen atoms in total. The van der Waals surface area contributed by atoms with Gasteiger partial charge in [0.2, 0.25) is 10.0 Å². The quantitative estimate of drug-likeness (QED) is 0.545. The highest BCUT2D eigenvalue weighted by Gasteiger charge is 2.29. The lowest BCUT2D eigenvalue weighted by atomic mass is 9.96. The number of amides is 1. The largest absolute Gasteiger partial charge is 0.449 e. The van der Waals surface area contributed by atoms with E-state index in [-0.39, 0.29) is 22.4 Å². The first-order chi connectivity index (χ1) is 15.7. The standard InChI is InChI=1S/C25H32N2O5S/c1-19(24(28)26(2)18-20-10-6-4-7-11-20)32-25(29)21-14-16-23(17-15-21)33(30,31)27(3)22-12-8-5-9-13-22/h4,6-7,10-11,14-17,19,22H,5,8-9,12-13,18H2,1-3H3. The number of rotatable bonds is 8. The van der Waals surface area contributed by atoms with Crippen molar-refractivity contribution in [1.29, 1.82) is 0 Å². The maximum Gasteiger partial charge on any atom is 0.338 e. The summed E-state index contributed by atoms with van der Waals surface area (Å²) in [7, 11) is -0.365. The number of benzene rings is 2. The van der Waals surface area contributed by atoms with Gasteiger partial charge in [0.1, 0.15) is 0 Å². The summed E-state index contributed by atoms with van der Waals surface area (Å²) in [5.74, 6) is -0.992. The van der Waals surface area contributed by atoms with E-state index in [1.165, 1.54) is 40.4 Å². The Morgan fingerprint density at radius 2 is 1.58 bits per heavy atom. The zero-order valence-corrected chi connectivity index (χ0v) is 20.3. The van der Waals surface area contributed by atoms with E-state index < -0.39 is 22.1 Å². The Morgan fingerprint density at radius 3 is 2.18 bits per heavy atom. The molecule has 1 amide bonds. The molecule has 0 saturated heterocycles. The fraction of sp³-hybridized carbons (Fsp3) is 0.440. The van der Waals surface area contributed by atoms with E-state index in [1.807, 2.05) is 30.3 Å². The topological polar surface area (TPSA) is 84.0 Å². The van der Waals surface area contributed by atoms with E-state index >= 15 is 0 Å². The number of nitrogens with zero attached hydrogens (tertiary/aromatic N) is 2. The van der Waals surface area contributed by atoms with Gasteiger partial charge in [-0.3, -0.25) is 4.79 Å². The Bertz CT molecular complexity index is 1050. The van der Waals surface area contributed by atoms with Crippen LogP contribution in [0.5, 0.6) is 0 Å². The molecule has 8 heteroatoms. The summed E-state index contributed by atoms with van der Waals surface area (Å²) in [6.45, 7) is 1.93. The van der Waals surface area contributed by atoms with Gasteiger partial charge in [0.25, 0.3) is 5.91 Å². The second-order valence-corrected chi connectivity index (χ2v) is 10.6. The summed E-state index contributed by atoms with van der Waals surface area (Å²) >= 11 is 0. The highest BCUT2D eigenvalue weighted by Crippen LogP contribution is 2.26. The molecule has 0 aromatic heterocycles. The third-order valence-corrected chi connectivity index (χ3v) is 8.05. The molecule has 0 aliphatic heterocycles. The molecule has 1 aliphatic carbocycles. The summed E-state index contributed by atoms with van der Waals surface area (Å²) in [5.41, 5.74) is 1.17. The minimum Gasteiger partial charge on any atom is -0.449 e. The molecule has 1 unspecified atom stereocenters. The number of esters is 1. The molecule has 1 saturated carbocycles. The van der Waals surface area contributed by atoms with Gasteiger partial charge in [-0.25, -0.2) is 13.2 Å². The molecule has 0 spiro atoms. The summed E-state index contributed by atoms with van der Waals surface area (Å²) in [6.07, 6.45) is 3.98. The molecular formula is C25H32N2O5S. The first-order valence-electron chi connectivity index (χ1n) is 11.3. The molecule has 3 rings (SSSR count). The van der Waals surface area contributed by atoms with Crippen LogP contribution in [0.4, 0.5) is 0 Å². The Balaban J connectivity index is 1.60.